The van der Waals surface area contributed by atoms with E-state index in [2.05, 4.69) is 25.8 Å². The summed E-state index contributed by atoms with van der Waals surface area (Å²) in [6.07, 6.45) is 3.75. The Labute approximate surface area is 220 Å². The molecule has 2 aliphatic rings. The van der Waals surface area contributed by atoms with E-state index in [1.807, 2.05) is 30.6 Å². The second-order valence-electron chi connectivity index (χ2n) is 9.46. The number of H-pyrrole nitrogens is 1. The highest BCUT2D eigenvalue weighted by Gasteiger charge is 2.25. The molecule has 190 valence electrons. The molecular weight excluding hydrogens is 512 g/mol. The van der Waals surface area contributed by atoms with E-state index >= 15 is 0 Å². The Balaban J connectivity index is 1.39. The zero-order valence-corrected chi connectivity index (χ0v) is 21.6. The van der Waals surface area contributed by atoms with Crippen LogP contribution >= 0.6 is 11.6 Å². The van der Waals surface area contributed by atoms with Crippen molar-refractivity contribution in [1.82, 2.24) is 24.8 Å². The highest BCUT2D eigenvalue weighted by Crippen LogP contribution is 2.37. The van der Waals surface area contributed by atoms with Gasteiger partial charge in [0.15, 0.2) is 17.2 Å². The number of morpholine rings is 1. The van der Waals surface area contributed by atoms with Crippen molar-refractivity contribution >= 4 is 61.7 Å². The van der Waals surface area contributed by atoms with Crippen LogP contribution in [-0.2, 0) is 22.5 Å². The topological polar surface area (TPSA) is 106 Å². The Kier molecular flexibility index (Phi) is 5.94. The third-order valence-corrected chi connectivity index (χ3v) is 8.57. The molecule has 2 aliphatic heterocycles. The minimum atomic E-state index is -0.703. The molecule has 7 rings (SSSR count). The van der Waals surface area contributed by atoms with E-state index in [4.69, 9.17) is 30.7 Å². The third-order valence-electron chi connectivity index (χ3n) is 7.07. The predicted molar refractivity (Wildman–Crippen MR) is 146 cm³/mol. The molecule has 9 nitrogen and oxygen atoms in total. The molecule has 0 spiro atoms. The molecule has 0 amide bonds. The second kappa shape index (κ2) is 9.45. The Morgan fingerprint density at radius 2 is 1.89 bits per heavy atom. The molecule has 0 aliphatic carbocycles. The summed E-state index contributed by atoms with van der Waals surface area (Å²) >= 11 is 5.78. The molecule has 37 heavy (non-hydrogen) atoms. The van der Waals surface area contributed by atoms with Crippen LogP contribution in [0.15, 0.2) is 41.1 Å². The monoisotopic (exact) mass is 536 g/mol. The van der Waals surface area contributed by atoms with Gasteiger partial charge in [-0.2, -0.15) is 0 Å². The van der Waals surface area contributed by atoms with E-state index in [1.165, 1.54) is 0 Å². The molecule has 4 aromatic heterocycles. The minimum absolute atomic E-state index is 0.539. The fourth-order valence-electron chi connectivity index (χ4n) is 5.16. The lowest BCUT2D eigenvalue weighted by molar-refractivity contribution is 0.122. The Morgan fingerprint density at radius 1 is 1.05 bits per heavy atom. The van der Waals surface area contributed by atoms with Crippen LogP contribution in [-0.4, -0.2) is 80.3 Å². The molecule has 11 heteroatoms. The number of nitrogens with zero attached hydrogens (tertiary/aromatic N) is 5. The number of nitrogens with one attached hydrogen (secondary N) is 1. The summed E-state index contributed by atoms with van der Waals surface area (Å²) in [5.41, 5.74) is 4.77. The van der Waals surface area contributed by atoms with E-state index in [0.717, 1.165) is 69.9 Å². The summed E-state index contributed by atoms with van der Waals surface area (Å²) in [5, 5.41) is 2.48. The molecule has 1 aromatic carbocycles. The molecule has 0 saturated carbocycles. The molecule has 0 atom stereocenters. The van der Waals surface area contributed by atoms with E-state index < -0.39 is 11.2 Å². The van der Waals surface area contributed by atoms with Crippen LogP contribution in [0.25, 0.3) is 44.5 Å². The number of aromatic amines is 1. The molecule has 0 radical (unpaired) electrons. The van der Waals surface area contributed by atoms with Gasteiger partial charge in [-0.15, -0.1) is 0 Å². The van der Waals surface area contributed by atoms with Gasteiger partial charge >= 0.3 is 0 Å². The number of hydrogen-bond donors (Lipinski definition) is 1. The number of halogens is 1. The average molecular weight is 537 g/mol. The quantitative estimate of drug-likeness (QED) is 0.344. The van der Waals surface area contributed by atoms with Crippen LogP contribution in [0.5, 0.6) is 0 Å². The molecule has 1 N–H and O–H groups in total. The first-order chi connectivity index (χ1) is 18.1. The van der Waals surface area contributed by atoms with Gasteiger partial charge in [-0.3, -0.25) is 4.90 Å². The van der Waals surface area contributed by atoms with E-state index in [-0.39, 0.29) is 0 Å². The zero-order valence-electron chi connectivity index (χ0n) is 20.1. The smallest absolute Gasteiger partial charge is 0.229 e. The molecule has 2 fully saturated rings. The van der Waals surface area contributed by atoms with Gasteiger partial charge in [-0.05, 0) is 29.8 Å². The fraction of sp³-hybridized carbons (Fsp3) is 0.346. The minimum Gasteiger partial charge on any atom is -0.616 e. The van der Waals surface area contributed by atoms with Crippen LogP contribution in [0.3, 0.4) is 0 Å². The SMILES string of the molecule is [O-][S+]1CCN(Cc2cnc3oc4c(N5CCOCC5)nc(-c5cc(Cl)cc6[nH]ccc56)nc4c3c2)CC1. The van der Waals surface area contributed by atoms with Crippen molar-refractivity contribution in [3.8, 4) is 11.4 Å². The first-order valence-corrected chi connectivity index (χ1v) is 14.3. The second-order valence-corrected chi connectivity index (χ2v) is 11.6. The van der Waals surface area contributed by atoms with Gasteiger partial charge in [0, 0.05) is 66.6 Å². The summed E-state index contributed by atoms with van der Waals surface area (Å²) in [6.45, 7) is 5.09. The Morgan fingerprint density at radius 3 is 2.73 bits per heavy atom. The summed E-state index contributed by atoms with van der Waals surface area (Å²) < 4.78 is 23.6. The van der Waals surface area contributed by atoms with Crippen molar-refractivity contribution in [3.63, 3.8) is 0 Å². The van der Waals surface area contributed by atoms with Crippen molar-refractivity contribution in [2.75, 3.05) is 55.8 Å². The van der Waals surface area contributed by atoms with Gasteiger partial charge in [0.1, 0.15) is 17.0 Å². The average Bonchev–Trinajstić information content (AvgIpc) is 3.54. The lowest BCUT2D eigenvalue weighted by atomic mass is 10.1. The lowest BCUT2D eigenvalue weighted by Crippen LogP contribution is -2.39. The van der Waals surface area contributed by atoms with Gasteiger partial charge in [-0.1, -0.05) is 22.8 Å². The molecule has 0 unspecified atom stereocenters. The largest absolute Gasteiger partial charge is 0.616 e. The Hall–Kier alpha value is -2.89. The number of fused-ring (bicyclic) bond motifs is 4. The molecule has 0 bridgehead atoms. The van der Waals surface area contributed by atoms with Crippen molar-refractivity contribution in [2.45, 2.75) is 6.54 Å². The number of hydrogen-bond acceptors (Lipinski definition) is 8. The molecule has 2 saturated heterocycles. The van der Waals surface area contributed by atoms with Crippen molar-refractivity contribution < 1.29 is 13.7 Å². The Bertz CT molecular complexity index is 1610. The summed E-state index contributed by atoms with van der Waals surface area (Å²) in [6, 6.07) is 7.95. The van der Waals surface area contributed by atoms with Crippen LogP contribution in [0.4, 0.5) is 5.82 Å². The maximum Gasteiger partial charge on any atom is 0.229 e. The summed E-state index contributed by atoms with van der Waals surface area (Å²) in [7, 11) is 0. The number of rotatable bonds is 4. The standard InChI is InChI=1S/C26H25ClN6O3S/c27-17-12-19(18-1-2-28-21(18)13-17)24-30-22-20-11-16(15-32-5-9-37(34)10-6-32)14-29-26(20)36-23(22)25(31-24)33-3-7-35-8-4-33/h1-2,11-14,28H,3-10,15H2. The van der Waals surface area contributed by atoms with E-state index in [9.17, 15) is 4.55 Å². The van der Waals surface area contributed by atoms with Crippen LogP contribution in [0.2, 0.25) is 5.02 Å². The summed E-state index contributed by atoms with van der Waals surface area (Å²) in [4.78, 5) is 22.4. The highest BCUT2D eigenvalue weighted by atomic mass is 35.5. The van der Waals surface area contributed by atoms with E-state index in [0.29, 0.717) is 48.4 Å². The number of anilines is 1. The van der Waals surface area contributed by atoms with Gasteiger partial charge in [-0.25, -0.2) is 15.0 Å². The fourth-order valence-corrected chi connectivity index (χ4v) is 6.51. The number of furan rings is 1. The molecule has 5 aromatic rings. The van der Waals surface area contributed by atoms with Gasteiger partial charge in [0.05, 0.1) is 18.6 Å². The number of pyridine rings is 1. The number of benzene rings is 1. The highest BCUT2D eigenvalue weighted by molar-refractivity contribution is 7.91. The first kappa shape index (κ1) is 23.2. The van der Waals surface area contributed by atoms with Crippen molar-refractivity contribution in [1.29, 1.82) is 0 Å². The number of aromatic nitrogens is 4. The molecule has 6 heterocycles. The predicted octanol–water partition coefficient (Wildman–Crippen LogP) is 3.97. The first-order valence-electron chi connectivity index (χ1n) is 12.4. The van der Waals surface area contributed by atoms with Crippen LogP contribution in [0.1, 0.15) is 5.56 Å². The lowest BCUT2D eigenvalue weighted by Gasteiger charge is -2.28. The normalized spacial score (nSPS) is 17.9. The van der Waals surface area contributed by atoms with E-state index in [1.54, 1.807) is 0 Å². The van der Waals surface area contributed by atoms with Crippen LogP contribution in [0, 0.1) is 0 Å². The van der Waals surface area contributed by atoms with Crippen LogP contribution < -0.4 is 4.90 Å². The summed E-state index contributed by atoms with van der Waals surface area (Å²) in [5.74, 6) is 2.77. The van der Waals surface area contributed by atoms with Gasteiger partial charge in [0.25, 0.3) is 0 Å². The number of ether oxygens (including phenoxy) is 1. The molecular formula is C26H25ClN6O3S. The maximum absolute atomic E-state index is 11.8. The zero-order chi connectivity index (χ0) is 24.9. The van der Waals surface area contributed by atoms with Gasteiger partial charge in [0.2, 0.25) is 5.71 Å². The third kappa shape index (κ3) is 4.32. The maximum atomic E-state index is 11.8. The van der Waals surface area contributed by atoms with Gasteiger partial charge < -0.3 is 23.6 Å². The van der Waals surface area contributed by atoms with Crippen molar-refractivity contribution in [2.24, 2.45) is 0 Å². The van der Waals surface area contributed by atoms with Crippen molar-refractivity contribution in [3.05, 3.63) is 47.2 Å².